The summed E-state index contributed by atoms with van der Waals surface area (Å²) in [7, 11) is 0. The second-order valence-electron chi connectivity index (χ2n) is 5.83. The third-order valence-corrected chi connectivity index (χ3v) is 3.77. The van der Waals surface area contributed by atoms with E-state index in [0.29, 0.717) is 17.1 Å². The van der Waals surface area contributed by atoms with Gasteiger partial charge in [0.2, 0.25) is 0 Å². The second kappa shape index (κ2) is 6.28. The van der Waals surface area contributed by atoms with Crippen molar-refractivity contribution in [1.29, 1.82) is 0 Å². The second-order valence-corrected chi connectivity index (χ2v) is 5.83. The predicted octanol–water partition coefficient (Wildman–Crippen LogP) is 4.19. The highest BCUT2D eigenvalue weighted by Crippen LogP contribution is 2.19. The summed E-state index contributed by atoms with van der Waals surface area (Å²) in [4.78, 5) is 12.6. The standard InChI is InChI=1S/C19H18FN3O/c1-12-4-9-17(13(2)10-12)19(24)21-18-11-14(3)22-23(18)16-7-5-15(20)6-8-16/h4-11H,1-3H3,(H,21,24). The van der Waals surface area contributed by atoms with Crippen LogP contribution >= 0.6 is 0 Å². The van der Waals surface area contributed by atoms with Crippen molar-refractivity contribution in [3.05, 3.63) is 76.7 Å². The number of amides is 1. The Balaban J connectivity index is 1.93. The fourth-order valence-electron chi connectivity index (χ4n) is 2.62. The highest BCUT2D eigenvalue weighted by Gasteiger charge is 2.14. The normalized spacial score (nSPS) is 10.7. The van der Waals surface area contributed by atoms with Crippen LogP contribution < -0.4 is 5.32 Å². The van der Waals surface area contributed by atoms with E-state index >= 15 is 0 Å². The number of nitrogens with zero attached hydrogens (tertiary/aromatic N) is 2. The van der Waals surface area contributed by atoms with Crippen LogP contribution in [0.1, 0.15) is 27.2 Å². The first-order valence-electron chi connectivity index (χ1n) is 7.65. The molecule has 0 saturated heterocycles. The van der Waals surface area contributed by atoms with E-state index in [1.165, 1.54) is 12.1 Å². The maximum Gasteiger partial charge on any atom is 0.257 e. The minimum atomic E-state index is -0.316. The molecule has 0 bridgehead atoms. The van der Waals surface area contributed by atoms with Gasteiger partial charge in [0.15, 0.2) is 0 Å². The predicted molar refractivity (Wildman–Crippen MR) is 92.1 cm³/mol. The van der Waals surface area contributed by atoms with Crippen molar-refractivity contribution in [2.24, 2.45) is 0 Å². The van der Waals surface area contributed by atoms with Crippen LogP contribution in [0.2, 0.25) is 0 Å². The summed E-state index contributed by atoms with van der Waals surface area (Å²) in [5.74, 6) is 0.0309. The Morgan fingerprint density at radius 3 is 2.42 bits per heavy atom. The van der Waals surface area contributed by atoms with Crippen LogP contribution in [0.4, 0.5) is 10.2 Å². The van der Waals surface area contributed by atoms with Gasteiger partial charge in [-0.2, -0.15) is 5.10 Å². The molecule has 0 aliphatic heterocycles. The Kier molecular flexibility index (Phi) is 4.16. The molecule has 2 aromatic carbocycles. The molecule has 122 valence electrons. The third-order valence-electron chi connectivity index (χ3n) is 3.77. The van der Waals surface area contributed by atoms with Crippen molar-refractivity contribution in [1.82, 2.24) is 9.78 Å². The average molecular weight is 323 g/mol. The van der Waals surface area contributed by atoms with Gasteiger partial charge in [0.25, 0.3) is 5.91 Å². The lowest BCUT2D eigenvalue weighted by atomic mass is 10.1. The SMILES string of the molecule is Cc1ccc(C(=O)Nc2cc(C)nn2-c2ccc(F)cc2)c(C)c1. The first kappa shape index (κ1) is 15.9. The number of hydrogen-bond acceptors (Lipinski definition) is 2. The van der Waals surface area contributed by atoms with Crippen LogP contribution in [0.5, 0.6) is 0 Å². The van der Waals surface area contributed by atoms with Gasteiger partial charge < -0.3 is 5.32 Å². The van der Waals surface area contributed by atoms with Crippen molar-refractivity contribution >= 4 is 11.7 Å². The molecule has 0 aliphatic rings. The largest absolute Gasteiger partial charge is 0.306 e. The highest BCUT2D eigenvalue weighted by molar-refractivity contribution is 6.05. The quantitative estimate of drug-likeness (QED) is 0.785. The number of halogens is 1. The highest BCUT2D eigenvalue weighted by atomic mass is 19.1. The van der Waals surface area contributed by atoms with Gasteiger partial charge in [0, 0.05) is 11.6 Å². The Morgan fingerprint density at radius 2 is 1.75 bits per heavy atom. The Morgan fingerprint density at radius 1 is 1.04 bits per heavy atom. The molecule has 5 heteroatoms. The third kappa shape index (κ3) is 3.20. The number of aromatic nitrogens is 2. The molecule has 1 amide bonds. The molecular weight excluding hydrogens is 305 g/mol. The number of carbonyl (C=O) groups excluding carboxylic acids is 1. The van der Waals surface area contributed by atoms with Gasteiger partial charge in [-0.1, -0.05) is 17.7 Å². The van der Waals surface area contributed by atoms with Crippen LogP contribution in [0, 0.1) is 26.6 Å². The summed E-state index contributed by atoms with van der Waals surface area (Å²) in [5, 5.41) is 7.26. The number of hydrogen-bond donors (Lipinski definition) is 1. The molecule has 3 rings (SSSR count). The maximum absolute atomic E-state index is 13.1. The molecule has 0 unspecified atom stereocenters. The number of anilines is 1. The van der Waals surface area contributed by atoms with E-state index in [1.807, 2.05) is 39.0 Å². The maximum atomic E-state index is 13.1. The van der Waals surface area contributed by atoms with Crippen molar-refractivity contribution < 1.29 is 9.18 Å². The molecule has 1 aromatic heterocycles. The summed E-state index contributed by atoms with van der Waals surface area (Å²) in [6.45, 7) is 5.74. The molecule has 4 nitrogen and oxygen atoms in total. The molecule has 0 fully saturated rings. The number of nitrogens with one attached hydrogen (secondary N) is 1. The lowest BCUT2D eigenvalue weighted by molar-refractivity contribution is 0.102. The summed E-state index contributed by atoms with van der Waals surface area (Å²) >= 11 is 0. The van der Waals surface area contributed by atoms with E-state index in [9.17, 15) is 9.18 Å². The molecule has 0 atom stereocenters. The smallest absolute Gasteiger partial charge is 0.257 e. The van der Waals surface area contributed by atoms with Gasteiger partial charge in [0.1, 0.15) is 11.6 Å². The summed E-state index contributed by atoms with van der Waals surface area (Å²) in [6.07, 6.45) is 0. The summed E-state index contributed by atoms with van der Waals surface area (Å²) < 4.78 is 14.7. The molecule has 24 heavy (non-hydrogen) atoms. The van der Waals surface area contributed by atoms with E-state index in [-0.39, 0.29) is 11.7 Å². The van der Waals surface area contributed by atoms with Crippen molar-refractivity contribution in [2.45, 2.75) is 20.8 Å². The number of rotatable bonds is 3. The zero-order valence-corrected chi connectivity index (χ0v) is 13.8. The van der Waals surface area contributed by atoms with Crippen molar-refractivity contribution in [3.63, 3.8) is 0 Å². The minimum Gasteiger partial charge on any atom is -0.306 e. The molecule has 0 radical (unpaired) electrons. The topological polar surface area (TPSA) is 46.9 Å². The average Bonchev–Trinajstić information content (AvgIpc) is 2.88. The number of benzene rings is 2. The van der Waals surface area contributed by atoms with Gasteiger partial charge in [-0.3, -0.25) is 4.79 Å². The van der Waals surface area contributed by atoms with Crippen LogP contribution in [0.3, 0.4) is 0 Å². The van der Waals surface area contributed by atoms with Crippen molar-refractivity contribution in [2.75, 3.05) is 5.32 Å². The van der Waals surface area contributed by atoms with Gasteiger partial charge >= 0.3 is 0 Å². The Labute approximate surface area is 139 Å². The zero-order valence-electron chi connectivity index (χ0n) is 13.8. The number of aryl methyl sites for hydroxylation is 3. The first-order chi connectivity index (χ1) is 11.4. The molecule has 0 spiro atoms. The van der Waals surface area contributed by atoms with Gasteiger partial charge in [-0.05, 0) is 56.7 Å². The van der Waals surface area contributed by atoms with Gasteiger partial charge in [0.05, 0.1) is 11.4 Å². The molecule has 3 aromatic rings. The Bertz CT molecular complexity index is 897. The van der Waals surface area contributed by atoms with E-state index in [0.717, 1.165) is 16.8 Å². The summed E-state index contributed by atoms with van der Waals surface area (Å²) in [5.41, 5.74) is 4.08. The van der Waals surface area contributed by atoms with Gasteiger partial charge in [-0.15, -0.1) is 0 Å². The van der Waals surface area contributed by atoms with Crippen LogP contribution in [0.15, 0.2) is 48.5 Å². The lowest BCUT2D eigenvalue weighted by Gasteiger charge is -2.10. The van der Waals surface area contributed by atoms with Crippen molar-refractivity contribution in [3.8, 4) is 5.69 Å². The van der Waals surface area contributed by atoms with E-state index in [4.69, 9.17) is 0 Å². The monoisotopic (exact) mass is 323 g/mol. The van der Waals surface area contributed by atoms with Gasteiger partial charge in [-0.25, -0.2) is 9.07 Å². The fraction of sp³-hybridized carbons (Fsp3) is 0.158. The van der Waals surface area contributed by atoms with Crippen LogP contribution in [0.25, 0.3) is 5.69 Å². The number of carbonyl (C=O) groups is 1. The summed E-state index contributed by atoms with van der Waals surface area (Å²) in [6, 6.07) is 13.4. The molecular formula is C19H18FN3O. The van der Waals surface area contributed by atoms with Crippen LogP contribution in [-0.4, -0.2) is 15.7 Å². The van der Waals surface area contributed by atoms with E-state index in [1.54, 1.807) is 22.9 Å². The fourth-order valence-corrected chi connectivity index (χ4v) is 2.62. The molecule has 0 aliphatic carbocycles. The minimum absolute atomic E-state index is 0.198. The van der Waals surface area contributed by atoms with E-state index < -0.39 is 0 Å². The molecule has 1 N–H and O–H groups in total. The van der Waals surface area contributed by atoms with Crippen LogP contribution in [-0.2, 0) is 0 Å². The lowest BCUT2D eigenvalue weighted by Crippen LogP contribution is -2.16. The van der Waals surface area contributed by atoms with E-state index in [2.05, 4.69) is 10.4 Å². The Hall–Kier alpha value is -2.95. The molecule has 1 heterocycles. The molecule has 0 saturated carbocycles. The zero-order chi connectivity index (χ0) is 17.3. The first-order valence-corrected chi connectivity index (χ1v) is 7.65.